The first kappa shape index (κ1) is 27.0. The Balaban J connectivity index is 1.17. The molecular formula is C31H38N6O2. The molecule has 2 aromatic carbocycles. The van der Waals surface area contributed by atoms with Crippen molar-refractivity contribution in [3.63, 3.8) is 0 Å². The SMILES string of the molecule is Cc1ccc([C@@H]2C[C@H]2NCCC[C@H](NC(=O)c2ccc(-c3cnccn3)cc2)C(=O)N2CCN(C)CC2)cc1. The fourth-order valence-corrected chi connectivity index (χ4v) is 5.18. The van der Waals surface area contributed by atoms with Crippen molar-refractivity contribution < 1.29 is 9.59 Å². The van der Waals surface area contributed by atoms with Gasteiger partial charge < -0.3 is 20.4 Å². The first-order chi connectivity index (χ1) is 19.0. The number of rotatable bonds is 10. The van der Waals surface area contributed by atoms with Gasteiger partial charge in [0.1, 0.15) is 6.04 Å². The van der Waals surface area contributed by atoms with E-state index < -0.39 is 6.04 Å². The number of hydrogen-bond acceptors (Lipinski definition) is 6. The Kier molecular flexibility index (Phi) is 8.64. The monoisotopic (exact) mass is 526 g/mol. The van der Waals surface area contributed by atoms with E-state index in [9.17, 15) is 9.59 Å². The van der Waals surface area contributed by atoms with Crippen molar-refractivity contribution in [3.8, 4) is 11.3 Å². The number of aryl methyl sites for hydroxylation is 1. The van der Waals surface area contributed by atoms with Crippen LogP contribution >= 0.6 is 0 Å². The Bertz CT molecular complexity index is 1240. The fourth-order valence-electron chi connectivity index (χ4n) is 5.18. The third kappa shape index (κ3) is 7.07. The van der Waals surface area contributed by atoms with Crippen molar-refractivity contribution >= 4 is 11.8 Å². The molecule has 0 unspecified atom stereocenters. The van der Waals surface area contributed by atoms with Crippen LogP contribution in [0.5, 0.6) is 0 Å². The van der Waals surface area contributed by atoms with E-state index in [1.54, 1.807) is 30.7 Å². The van der Waals surface area contributed by atoms with Gasteiger partial charge in [0.15, 0.2) is 0 Å². The molecule has 3 atom stereocenters. The van der Waals surface area contributed by atoms with Crippen LogP contribution in [0, 0.1) is 6.92 Å². The highest BCUT2D eigenvalue weighted by atomic mass is 16.2. The van der Waals surface area contributed by atoms with Gasteiger partial charge in [0.25, 0.3) is 5.91 Å². The Labute approximate surface area is 230 Å². The van der Waals surface area contributed by atoms with E-state index in [1.165, 1.54) is 11.1 Å². The van der Waals surface area contributed by atoms with Gasteiger partial charge >= 0.3 is 0 Å². The third-order valence-electron chi connectivity index (χ3n) is 7.80. The maximum atomic E-state index is 13.5. The van der Waals surface area contributed by atoms with Gasteiger partial charge in [0.2, 0.25) is 5.91 Å². The van der Waals surface area contributed by atoms with E-state index in [4.69, 9.17) is 0 Å². The Morgan fingerprint density at radius 1 is 1.00 bits per heavy atom. The molecule has 0 radical (unpaired) electrons. The van der Waals surface area contributed by atoms with E-state index in [0.717, 1.165) is 43.7 Å². The van der Waals surface area contributed by atoms with Crippen molar-refractivity contribution in [2.45, 2.75) is 44.2 Å². The van der Waals surface area contributed by atoms with E-state index in [1.807, 2.05) is 17.0 Å². The first-order valence-corrected chi connectivity index (χ1v) is 13.9. The van der Waals surface area contributed by atoms with Gasteiger partial charge in [0, 0.05) is 61.7 Å². The van der Waals surface area contributed by atoms with Crippen molar-refractivity contribution in [2.75, 3.05) is 39.8 Å². The molecule has 0 spiro atoms. The maximum Gasteiger partial charge on any atom is 0.251 e. The highest BCUT2D eigenvalue weighted by Crippen LogP contribution is 2.40. The molecule has 1 aliphatic heterocycles. The molecule has 8 nitrogen and oxygen atoms in total. The van der Waals surface area contributed by atoms with Crippen molar-refractivity contribution in [2.24, 2.45) is 0 Å². The molecule has 1 saturated heterocycles. The number of piperazine rings is 1. The molecule has 204 valence electrons. The lowest BCUT2D eigenvalue weighted by Gasteiger charge is -2.34. The summed E-state index contributed by atoms with van der Waals surface area (Å²) in [4.78, 5) is 39.2. The van der Waals surface area contributed by atoms with Crippen LogP contribution in [0.1, 0.15) is 46.7 Å². The van der Waals surface area contributed by atoms with E-state index in [0.29, 0.717) is 37.0 Å². The Morgan fingerprint density at radius 2 is 1.74 bits per heavy atom. The summed E-state index contributed by atoms with van der Waals surface area (Å²) in [6.45, 7) is 6.00. The van der Waals surface area contributed by atoms with Gasteiger partial charge in [-0.3, -0.25) is 19.6 Å². The molecule has 2 aliphatic rings. The lowest BCUT2D eigenvalue weighted by molar-refractivity contribution is -0.135. The van der Waals surface area contributed by atoms with E-state index in [-0.39, 0.29) is 11.8 Å². The largest absolute Gasteiger partial charge is 0.340 e. The number of hydrogen-bond donors (Lipinski definition) is 2. The number of nitrogens with zero attached hydrogens (tertiary/aromatic N) is 4. The average Bonchev–Trinajstić information content (AvgIpc) is 3.75. The van der Waals surface area contributed by atoms with Crippen LogP contribution in [0.25, 0.3) is 11.3 Å². The molecule has 0 bridgehead atoms. The van der Waals surface area contributed by atoms with Crippen LogP contribution in [0.3, 0.4) is 0 Å². The summed E-state index contributed by atoms with van der Waals surface area (Å²) in [7, 11) is 2.07. The zero-order valence-corrected chi connectivity index (χ0v) is 22.8. The fraction of sp³-hybridized carbons (Fsp3) is 0.419. The van der Waals surface area contributed by atoms with Crippen molar-refractivity contribution in [1.82, 2.24) is 30.4 Å². The molecule has 8 heteroatoms. The van der Waals surface area contributed by atoms with Crippen LogP contribution in [0.4, 0.5) is 0 Å². The summed E-state index contributed by atoms with van der Waals surface area (Å²) in [6, 6.07) is 16.0. The molecule has 39 heavy (non-hydrogen) atoms. The van der Waals surface area contributed by atoms with Gasteiger partial charge in [-0.1, -0.05) is 42.0 Å². The smallest absolute Gasteiger partial charge is 0.251 e. The summed E-state index contributed by atoms with van der Waals surface area (Å²) in [5.41, 5.74) is 4.83. The third-order valence-corrected chi connectivity index (χ3v) is 7.80. The minimum atomic E-state index is -0.547. The topological polar surface area (TPSA) is 90.5 Å². The predicted octanol–water partition coefficient (Wildman–Crippen LogP) is 3.25. The first-order valence-electron chi connectivity index (χ1n) is 13.9. The predicted molar refractivity (Wildman–Crippen MR) is 152 cm³/mol. The molecule has 2 heterocycles. The number of carbonyl (C=O) groups excluding carboxylic acids is 2. The summed E-state index contributed by atoms with van der Waals surface area (Å²) < 4.78 is 0. The van der Waals surface area contributed by atoms with Crippen LogP contribution in [-0.2, 0) is 4.79 Å². The summed E-state index contributed by atoms with van der Waals surface area (Å²) >= 11 is 0. The highest BCUT2D eigenvalue weighted by Gasteiger charge is 2.37. The molecule has 2 amide bonds. The lowest BCUT2D eigenvalue weighted by atomic mass is 10.1. The zero-order chi connectivity index (χ0) is 27.2. The molecular weight excluding hydrogens is 488 g/mol. The molecule has 3 aromatic rings. The molecule has 1 aliphatic carbocycles. The van der Waals surface area contributed by atoms with Crippen LogP contribution in [0.15, 0.2) is 67.1 Å². The Morgan fingerprint density at radius 3 is 2.44 bits per heavy atom. The molecule has 2 fully saturated rings. The number of nitrogens with one attached hydrogen (secondary N) is 2. The van der Waals surface area contributed by atoms with Gasteiger partial charge in [0.05, 0.1) is 11.9 Å². The number of amides is 2. The second kappa shape index (κ2) is 12.5. The summed E-state index contributed by atoms with van der Waals surface area (Å²) in [6.07, 6.45) is 7.53. The van der Waals surface area contributed by atoms with Crippen LogP contribution in [0.2, 0.25) is 0 Å². The molecule has 2 N–H and O–H groups in total. The summed E-state index contributed by atoms with van der Waals surface area (Å²) in [5.74, 6) is 0.345. The second-order valence-electron chi connectivity index (χ2n) is 10.8. The highest BCUT2D eigenvalue weighted by molar-refractivity contribution is 5.97. The van der Waals surface area contributed by atoms with E-state index >= 15 is 0 Å². The van der Waals surface area contributed by atoms with Gasteiger partial charge in [-0.15, -0.1) is 0 Å². The zero-order valence-electron chi connectivity index (χ0n) is 22.8. The molecule has 1 saturated carbocycles. The number of benzene rings is 2. The van der Waals surface area contributed by atoms with Crippen LogP contribution < -0.4 is 10.6 Å². The van der Waals surface area contributed by atoms with E-state index in [2.05, 4.69) is 63.7 Å². The Hall–Kier alpha value is -3.62. The van der Waals surface area contributed by atoms with Gasteiger partial charge in [-0.25, -0.2) is 0 Å². The number of carbonyl (C=O) groups is 2. The maximum absolute atomic E-state index is 13.5. The second-order valence-corrected chi connectivity index (χ2v) is 10.8. The lowest BCUT2D eigenvalue weighted by Crippen LogP contribution is -2.54. The summed E-state index contributed by atoms with van der Waals surface area (Å²) in [5, 5.41) is 6.70. The average molecular weight is 527 g/mol. The number of aromatic nitrogens is 2. The number of likely N-dealkylation sites (N-methyl/N-ethyl adjacent to an activating group) is 1. The minimum Gasteiger partial charge on any atom is -0.340 e. The van der Waals surface area contributed by atoms with Crippen molar-refractivity contribution in [3.05, 3.63) is 83.8 Å². The van der Waals surface area contributed by atoms with Gasteiger partial charge in [-0.2, -0.15) is 0 Å². The van der Waals surface area contributed by atoms with Gasteiger partial charge in [-0.05, 0) is 57.5 Å². The molecule has 1 aromatic heterocycles. The van der Waals surface area contributed by atoms with Crippen molar-refractivity contribution in [1.29, 1.82) is 0 Å². The normalized spacial score (nSPS) is 19.9. The van der Waals surface area contributed by atoms with Crippen LogP contribution in [-0.4, -0.2) is 83.4 Å². The minimum absolute atomic E-state index is 0.0107. The molecule has 5 rings (SSSR count). The quantitative estimate of drug-likeness (QED) is 0.394. The standard InChI is InChI=1S/C31H38N6O2/c1-22-5-7-23(8-6-22)26-20-28(26)33-13-3-4-27(31(39)37-18-16-36(2)17-19-37)35-30(38)25-11-9-24(10-12-25)29-21-32-14-15-34-29/h5-12,14-15,21,26-28,33H,3-4,13,16-20H2,1-2H3,(H,35,38)/t26-,27-,28+/m0/s1.